The fraction of sp³-hybridized carbons (Fsp3) is 0.188. The second kappa shape index (κ2) is 6.43. The summed E-state index contributed by atoms with van der Waals surface area (Å²) in [6.45, 7) is 1.94. The number of benzene rings is 2. The molecule has 3 heteroatoms. The van der Waals surface area contributed by atoms with Crippen LogP contribution < -0.4 is 0 Å². The molecule has 0 heterocycles. The maximum atomic E-state index is 12.0. The Hall–Kier alpha value is -1.74. The number of hydrogen-bond acceptors (Lipinski definition) is 2. The Labute approximate surface area is 115 Å². The van der Waals surface area contributed by atoms with Crippen molar-refractivity contribution in [3.63, 3.8) is 0 Å². The van der Waals surface area contributed by atoms with Crippen LogP contribution in [-0.2, 0) is 16.6 Å². The number of carbonyl (C=O) groups excluding carboxylic acids is 1. The first kappa shape index (κ1) is 13.7. The molecule has 1 atom stereocenters. The second-order valence-electron chi connectivity index (χ2n) is 4.51. The standard InChI is InChI=1S/C16H16O2S/c1-13-6-5-9-15(10-13)16(17)12-19(18)11-14-7-3-2-4-8-14/h2-10H,11-12H2,1H3. The normalized spacial score (nSPS) is 12.1. The lowest BCUT2D eigenvalue weighted by Gasteiger charge is -2.03. The van der Waals surface area contributed by atoms with Crippen LogP contribution in [0.2, 0.25) is 0 Å². The number of ketones is 1. The van der Waals surface area contributed by atoms with E-state index in [-0.39, 0.29) is 11.5 Å². The van der Waals surface area contributed by atoms with E-state index in [4.69, 9.17) is 0 Å². The van der Waals surface area contributed by atoms with Crippen LogP contribution in [0.3, 0.4) is 0 Å². The summed E-state index contributed by atoms with van der Waals surface area (Å²) >= 11 is 0. The summed E-state index contributed by atoms with van der Waals surface area (Å²) in [6.07, 6.45) is 0. The average molecular weight is 272 g/mol. The number of carbonyl (C=O) groups is 1. The van der Waals surface area contributed by atoms with Gasteiger partial charge in [0, 0.05) is 22.1 Å². The predicted octanol–water partition coefficient (Wildman–Crippen LogP) is 3.13. The third-order valence-corrected chi connectivity index (χ3v) is 4.04. The van der Waals surface area contributed by atoms with Crippen LogP contribution in [0.15, 0.2) is 54.6 Å². The first-order chi connectivity index (χ1) is 9.15. The molecule has 0 aliphatic carbocycles. The van der Waals surface area contributed by atoms with Crippen molar-refractivity contribution < 1.29 is 9.00 Å². The van der Waals surface area contributed by atoms with Gasteiger partial charge in [0.2, 0.25) is 0 Å². The van der Waals surface area contributed by atoms with Crippen LogP contribution in [0.1, 0.15) is 21.5 Å². The van der Waals surface area contributed by atoms with Crippen molar-refractivity contribution in [1.82, 2.24) is 0 Å². The predicted molar refractivity (Wildman–Crippen MR) is 78.7 cm³/mol. The molecule has 2 rings (SSSR count). The van der Waals surface area contributed by atoms with Crippen molar-refractivity contribution >= 4 is 16.6 Å². The molecular formula is C16H16O2S. The van der Waals surface area contributed by atoms with Crippen LogP contribution in [0.5, 0.6) is 0 Å². The highest BCUT2D eigenvalue weighted by Gasteiger charge is 2.11. The molecule has 0 saturated carbocycles. The van der Waals surface area contributed by atoms with E-state index >= 15 is 0 Å². The highest BCUT2D eigenvalue weighted by molar-refractivity contribution is 7.85. The van der Waals surface area contributed by atoms with Crippen molar-refractivity contribution in [1.29, 1.82) is 0 Å². The molecule has 98 valence electrons. The molecule has 0 radical (unpaired) electrons. The van der Waals surface area contributed by atoms with E-state index in [2.05, 4.69) is 0 Å². The van der Waals surface area contributed by atoms with Gasteiger partial charge in [-0.15, -0.1) is 0 Å². The molecule has 0 aliphatic heterocycles. The maximum absolute atomic E-state index is 12.0. The van der Waals surface area contributed by atoms with Gasteiger partial charge in [0.25, 0.3) is 0 Å². The van der Waals surface area contributed by atoms with Crippen molar-refractivity contribution in [2.75, 3.05) is 5.75 Å². The van der Waals surface area contributed by atoms with E-state index in [1.807, 2.05) is 55.5 Å². The minimum Gasteiger partial charge on any atom is -0.293 e. The minimum atomic E-state index is -1.16. The Morgan fingerprint density at radius 1 is 1.05 bits per heavy atom. The Balaban J connectivity index is 1.98. The molecule has 0 amide bonds. The van der Waals surface area contributed by atoms with Gasteiger partial charge in [-0.05, 0) is 18.6 Å². The van der Waals surface area contributed by atoms with E-state index in [0.29, 0.717) is 11.3 Å². The summed E-state index contributed by atoms with van der Waals surface area (Å²) in [5.74, 6) is 0.453. The highest BCUT2D eigenvalue weighted by atomic mass is 32.2. The zero-order chi connectivity index (χ0) is 13.7. The summed E-state index contributed by atoms with van der Waals surface area (Å²) in [4.78, 5) is 12.0. The average Bonchev–Trinajstić information content (AvgIpc) is 2.39. The second-order valence-corrected chi connectivity index (χ2v) is 5.96. The molecule has 0 aliphatic rings. The molecule has 0 saturated heterocycles. The molecule has 2 aromatic carbocycles. The summed E-state index contributed by atoms with van der Waals surface area (Å²) < 4.78 is 12.0. The van der Waals surface area contributed by atoms with Gasteiger partial charge in [-0.25, -0.2) is 0 Å². The third kappa shape index (κ3) is 4.14. The first-order valence-corrected chi connectivity index (χ1v) is 7.63. The van der Waals surface area contributed by atoms with Gasteiger partial charge in [-0.3, -0.25) is 9.00 Å². The molecule has 2 nitrogen and oxygen atoms in total. The van der Waals surface area contributed by atoms with E-state index in [1.165, 1.54) is 0 Å². The van der Waals surface area contributed by atoms with Gasteiger partial charge < -0.3 is 0 Å². The fourth-order valence-electron chi connectivity index (χ4n) is 1.86. The smallest absolute Gasteiger partial charge is 0.175 e. The Kier molecular flexibility index (Phi) is 4.63. The summed E-state index contributed by atoms with van der Waals surface area (Å²) in [5.41, 5.74) is 2.68. The van der Waals surface area contributed by atoms with Crippen molar-refractivity contribution in [3.8, 4) is 0 Å². The summed E-state index contributed by atoms with van der Waals surface area (Å²) in [6, 6.07) is 17.0. The lowest BCUT2D eigenvalue weighted by atomic mass is 10.1. The lowest BCUT2D eigenvalue weighted by Crippen LogP contribution is -2.12. The molecule has 0 bridgehead atoms. The molecule has 2 aromatic rings. The quantitative estimate of drug-likeness (QED) is 0.784. The van der Waals surface area contributed by atoms with E-state index in [1.54, 1.807) is 6.07 Å². The van der Waals surface area contributed by atoms with Gasteiger partial charge in [0.05, 0.1) is 5.75 Å². The molecule has 0 N–H and O–H groups in total. The van der Waals surface area contributed by atoms with Gasteiger partial charge in [-0.1, -0.05) is 54.1 Å². The number of hydrogen-bond donors (Lipinski definition) is 0. The monoisotopic (exact) mass is 272 g/mol. The molecule has 0 aromatic heterocycles. The van der Waals surface area contributed by atoms with Crippen LogP contribution in [0.4, 0.5) is 0 Å². The lowest BCUT2D eigenvalue weighted by molar-refractivity contribution is 0.102. The topological polar surface area (TPSA) is 34.1 Å². The fourth-order valence-corrected chi connectivity index (χ4v) is 2.98. The summed E-state index contributed by atoms with van der Waals surface area (Å²) in [7, 11) is -1.16. The third-order valence-electron chi connectivity index (χ3n) is 2.80. The molecule has 1 unspecified atom stereocenters. The molecule has 19 heavy (non-hydrogen) atoms. The minimum absolute atomic E-state index is 0.0574. The number of aryl methyl sites for hydroxylation is 1. The molecule has 0 spiro atoms. The van der Waals surface area contributed by atoms with Gasteiger partial charge in [0.15, 0.2) is 5.78 Å². The highest BCUT2D eigenvalue weighted by Crippen LogP contribution is 2.08. The Morgan fingerprint density at radius 2 is 1.79 bits per heavy atom. The Morgan fingerprint density at radius 3 is 2.47 bits per heavy atom. The SMILES string of the molecule is Cc1cccc(C(=O)CS(=O)Cc2ccccc2)c1. The van der Waals surface area contributed by atoms with Crippen LogP contribution >= 0.6 is 0 Å². The number of Topliss-reactive ketones (excluding diaryl/α,β-unsaturated/α-hetero) is 1. The van der Waals surface area contributed by atoms with E-state index in [0.717, 1.165) is 11.1 Å². The van der Waals surface area contributed by atoms with E-state index in [9.17, 15) is 9.00 Å². The van der Waals surface area contributed by atoms with Crippen LogP contribution in [-0.4, -0.2) is 15.7 Å². The van der Waals surface area contributed by atoms with Crippen LogP contribution in [0.25, 0.3) is 0 Å². The molecule has 0 fully saturated rings. The van der Waals surface area contributed by atoms with Crippen molar-refractivity contribution in [3.05, 3.63) is 71.3 Å². The zero-order valence-electron chi connectivity index (χ0n) is 10.8. The van der Waals surface area contributed by atoms with Crippen LogP contribution in [0, 0.1) is 6.92 Å². The van der Waals surface area contributed by atoms with E-state index < -0.39 is 10.8 Å². The molecular weight excluding hydrogens is 256 g/mol. The Bertz CT molecular complexity index is 591. The maximum Gasteiger partial charge on any atom is 0.175 e. The van der Waals surface area contributed by atoms with Crippen molar-refractivity contribution in [2.24, 2.45) is 0 Å². The van der Waals surface area contributed by atoms with Gasteiger partial charge in [-0.2, -0.15) is 0 Å². The largest absolute Gasteiger partial charge is 0.293 e. The summed E-state index contributed by atoms with van der Waals surface area (Å²) in [5, 5.41) is 0. The first-order valence-electron chi connectivity index (χ1n) is 6.14. The number of rotatable bonds is 5. The van der Waals surface area contributed by atoms with Crippen molar-refractivity contribution in [2.45, 2.75) is 12.7 Å². The van der Waals surface area contributed by atoms with Gasteiger partial charge in [0.1, 0.15) is 0 Å². The zero-order valence-corrected chi connectivity index (χ0v) is 11.7. The van der Waals surface area contributed by atoms with Gasteiger partial charge >= 0.3 is 0 Å².